The molecule has 0 atom stereocenters. The van der Waals surface area contributed by atoms with Crippen molar-refractivity contribution >= 4 is 39.2 Å². The van der Waals surface area contributed by atoms with Crippen molar-refractivity contribution in [2.75, 3.05) is 10.0 Å². The topological polar surface area (TPSA) is 128 Å². The minimum atomic E-state index is -3.87. The summed E-state index contributed by atoms with van der Waals surface area (Å²) in [4.78, 5) is 20.2. The Balaban J connectivity index is 1.35. The van der Waals surface area contributed by atoms with Crippen molar-refractivity contribution in [2.45, 2.75) is 18.6 Å². The van der Waals surface area contributed by atoms with E-state index >= 15 is 0 Å². The number of sulfonamides is 1. The number of rotatable bonds is 8. The highest BCUT2D eigenvalue weighted by Crippen LogP contribution is 2.21. The lowest BCUT2D eigenvalue weighted by molar-refractivity contribution is 0.102. The fourth-order valence-electron chi connectivity index (χ4n) is 2.85. The fraction of sp³-hybridized carbons (Fsp3) is 0.0909. The molecule has 174 valence electrons. The summed E-state index contributed by atoms with van der Waals surface area (Å²) in [6.45, 7) is 1.99. The van der Waals surface area contributed by atoms with Crippen LogP contribution in [0.4, 0.5) is 11.6 Å². The highest BCUT2D eigenvalue weighted by atomic mass is 35.5. The molecule has 0 spiro atoms. The van der Waals surface area contributed by atoms with Crippen LogP contribution in [0.15, 0.2) is 78.1 Å². The van der Waals surface area contributed by atoms with Gasteiger partial charge < -0.3 is 10.1 Å². The van der Waals surface area contributed by atoms with Crippen molar-refractivity contribution in [3.8, 4) is 5.75 Å². The molecular weight excluding hydrogens is 480 g/mol. The van der Waals surface area contributed by atoms with Gasteiger partial charge in [-0.3, -0.25) is 4.79 Å². The molecule has 4 rings (SSSR count). The summed E-state index contributed by atoms with van der Waals surface area (Å²) in [5.41, 5.74) is 1.47. The van der Waals surface area contributed by atoms with Crippen LogP contribution in [-0.4, -0.2) is 34.1 Å². The summed E-state index contributed by atoms with van der Waals surface area (Å²) in [6, 6.07) is 14.1. The van der Waals surface area contributed by atoms with E-state index in [0.29, 0.717) is 16.5 Å². The average Bonchev–Trinajstić information content (AvgIpc) is 3.30. The largest absolute Gasteiger partial charge is 0.471 e. The third-order valence-corrected chi connectivity index (χ3v) is 6.35. The second-order valence-electron chi connectivity index (χ2n) is 7.08. The zero-order chi connectivity index (χ0) is 24.1. The second-order valence-corrected chi connectivity index (χ2v) is 9.17. The smallest absolute Gasteiger partial charge is 0.276 e. The van der Waals surface area contributed by atoms with Gasteiger partial charge >= 0.3 is 0 Å². The second kappa shape index (κ2) is 9.89. The molecule has 34 heavy (non-hydrogen) atoms. The van der Waals surface area contributed by atoms with Crippen molar-refractivity contribution in [3.05, 3.63) is 89.5 Å². The molecule has 4 aromatic rings. The lowest BCUT2D eigenvalue weighted by Crippen LogP contribution is -2.16. The van der Waals surface area contributed by atoms with Gasteiger partial charge in [0.1, 0.15) is 5.75 Å². The summed E-state index contributed by atoms with van der Waals surface area (Å²) in [5.74, 6) is 0.143. The van der Waals surface area contributed by atoms with Crippen molar-refractivity contribution < 1.29 is 17.9 Å². The molecule has 0 aliphatic heterocycles. The molecule has 0 unspecified atom stereocenters. The van der Waals surface area contributed by atoms with Crippen LogP contribution in [0.1, 0.15) is 16.1 Å². The van der Waals surface area contributed by atoms with Crippen molar-refractivity contribution in [2.24, 2.45) is 0 Å². The minimum absolute atomic E-state index is 0.00295. The molecule has 2 heterocycles. The number of hydrogen-bond donors (Lipinski definition) is 2. The lowest BCUT2D eigenvalue weighted by Gasteiger charge is -2.08. The van der Waals surface area contributed by atoms with Gasteiger partial charge in [0.05, 0.1) is 4.90 Å². The van der Waals surface area contributed by atoms with E-state index in [4.69, 9.17) is 16.3 Å². The average molecular weight is 499 g/mol. The van der Waals surface area contributed by atoms with Gasteiger partial charge in [-0.2, -0.15) is 5.10 Å². The zero-order valence-corrected chi connectivity index (χ0v) is 19.4. The lowest BCUT2D eigenvalue weighted by atomic mass is 10.2. The van der Waals surface area contributed by atoms with E-state index in [9.17, 15) is 13.2 Å². The Kier molecular flexibility index (Phi) is 6.75. The summed E-state index contributed by atoms with van der Waals surface area (Å²) in [7, 11) is -3.87. The predicted octanol–water partition coefficient (Wildman–Crippen LogP) is 3.72. The number of halogens is 1. The first-order chi connectivity index (χ1) is 16.3. The summed E-state index contributed by atoms with van der Waals surface area (Å²) in [5, 5.41) is 7.53. The van der Waals surface area contributed by atoms with E-state index in [1.54, 1.807) is 30.5 Å². The van der Waals surface area contributed by atoms with E-state index in [1.165, 1.54) is 41.3 Å². The van der Waals surface area contributed by atoms with E-state index in [1.807, 2.05) is 13.0 Å². The Morgan fingerprint density at radius 1 is 1.09 bits per heavy atom. The van der Waals surface area contributed by atoms with Crippen LogP contribution in [0, 0.1) is 6.92 Å². The molecule has 2 aromatic carbocycles. The van der Waals surface area contributed by atoms with Gasteiger partial charge in [-0.25, -0.2) is 27.8 Å². The molecule has 2 N–H and O–H groups in total. The normalized spacial score (nSPS) is 11.1. The number of aromatic nitrogens is 4. The number of anilines is 2. The molecule has 2 aromatic heterocycles. The van der Waals surface area contributed by atoms with Crippen LogP contribution in [0.25, 0.3) is 0 Å². The van der Waals surface area contributed by atoms with Gasteiger partial charge in [-0.05, 0) is 67.1 Å². The van der Waals surface area contributed by atoms with E-state index in [0.717, 1.165) is 5.56 Å². The first-order valence-electron chi connectivity index (χ1n) is 9.94. The van der Waals surface area contributed by atoms with Gasteiger partial charge in [-0.1, -0.05) is 11.6 Å². The number of nitrogens with one attached hydrogen (secondary N) is 2. The van der Waals surface area contributed by atoms with Crippen molar-refractivity contribution in [1.82, 2.24) is 19.7 Å². The Hall–Kier alpha value is -3.96. The number of ether oxygens (including phenoxy) is 1. The molecule has 10 nitrogen and oxygen atoms in total. The number of nitrogens with zero attached hydrogens (tertiary/aromatic N) is 4. The highest BCUT2D eigenvalue weighted by molar-refractivity contribution is 7.92. The number of amides is 1. The third kappa shape index (κ3) is 5.69. The Morgan fingerprint density at radius 3 is 2.53 bits per heavy atom. The molecule has 0 bridgehead atoms. The highest BCUT2D eigenvalue weighted by Gasteiger charge is 2.16. The first-order valence-corrected chi connectivity index (χ1v) is 11.8. The Bertz CT molecular complexity index is 1410. The van der Waals surface area contributed by atoms with Crippen molar-refractivity contribution in [3.63, 3.8) is 0 Å². The van der Waals surface area contributed by atoms with E-state index in [2.05, 4.69) is 25.1 Å². The summed E-state index contributed by atoms with van der Waals surface area (Å²) >= 11 is 6.01. The maximum absolute atomic E-state index is 12.5. The van der Waals surface area contributed by atoms with E-state index < -0.39 is 15.9 Å². The Labute approximate surface area is 200 Å². The molecule has 12 heteroatoms. The molecule has 0 radical (unpaired) electrons. The number of carbonyl (C=O) groups is 1. The molecule has 0 aliphatic rings. The number of aryl methyl sites for hydroxylation is 1. The summed E-state index contributed by atoms with van der Waals surface area (Å²) < 4.78 is 34.3. The van der Waals surface area contributed by atoms with E-state index in [-0.39, 0.29) is 23.3 Å². The van der Waals surface area contributed by atoms with Crippen LogP contribution >= 0.6 is 11.6 Å². The quantitative estimate of drug-likeness (QED) is 0.379. The van der Waals surface area contributed by atoms with Gasteiger partial charge in [0, 0.05) is 29.3 Å². The van der Waals surface area contributed by atoms with Crippen LogP contribution in [0.2, 0.25) is 5.02 Å². The monoisotopic (exact) mass is 498 g/mol. The van der Waals surface area contributed by atoms with Crippen LogP contribution < -0.4 is 14.8 Å². The van der Waals surface area contributed by atoms with Gasteiger partial charge in [0.15, 0.2) is 12.4 Å². The SMILES string of the molecule is Cc1cc(OCn2ccc(C(=O)Nc3ccc(S(=O)(=O)Nc4ncccn4)cc3)n2)ccc1Cl. The van der Waals surface area contributed by atoms with Gasteiger partial charge in [0.2, 0.25) is 5.95 Å². The maximum Gasteiger partial charge on any atom is 0.276 e. The molecule has 0 aliphatic carbocycles. The number of hydrogen-bond acceptors (Lipinski definition) is 7. The van der Waals surface area contributed by atoms with Crippen LogP contribution in [0.3, 0.4) is 0 Å². The molecule has 1 amide bonds. The fourth-order valence-corrected chi connectivity index (χ4v) is 3.92. The summed E-state index contributed by atoms with van der Waals surface area (Å²) in [6.07, 6.45) is 4.47. The Morgan fingerprint density at radius 2 is 1.82 bits per heavy atom. The molecule has 0 fully saturated rings. The third-order valence-electron chi connectivity index (χ3n) is 4.58. The van der Waals surface area contributed by atoms with Crippen LogP contribution in [-0.2, 0) is 16.8 Å². The van der Waals surface area contributed by atoms with Crippen molar-refractivity contribution in [1.29, 1.82) is 0 Å². The predicted molar refractivity (Wildman–Crippen MR) is 126 cm³/mol. The minimum Gasteiger partial charge on any atom is -0.471 e. The number of carbonyl (C=O) groups excluding carboxylic acids is 1. The first kappa shape index (κ1) is 23.2. The molecular formula is C22H19ClN6O4S. The van der Waals surface area contributed by atoms with Gasteiger partial charge in [0.25, 0.3) is 15.9 Å². The van der Waals surface area contributed by atoms with Gasteiger partial charge in [-0.15, -0.1) is 0 Å². The van der Waals surface area contributed by atoms with Crippen LogP contribution in [0.5, 0.6) is 5.75 Å². The molecule has 0 saturated heterocycles. The molecule has 0 saturated carbocycles. The number of benzene rings is 2. The standard InChI is InChI=1S/C22H19ClN6O4S/c1-15-13-17(5-8-19(15)23)33-14-29-12-9-20(27-29)21(30)26-16-3-6-18(7-4-16)34(31,32)28-22-24-10-2-11-25-22/h2-13H,14H2,1H3,(H,26,30)(H,24,25,28). The maximum atomic E-state index is 12.5. The zero-order valence-electron chi connectivity index (χ0n) is 17.8.